The van der Waals surface area contributed by atoms with Gasteiger partial charge in [0.15, 0.2) is 11.9 Å². The van der Waals surface area contributed by atoms with E-state index in [0.29, 0.717) is 11.4 Å². The van der Waals surface area contributed by atoms with E-state index in [-0.39, 0.29) is 47.2 Å². The van der Waals surface area contributed by atoms with Crippen LogP contribution >= 0.6 is 0 Å². The molecule has 1 aliphatic carbocycles. The van der Waals surface area contributed by atoms with Gasteiger partial charge in [-0.05, 0) is 64.5 Å². The van der Waals surface area contributed by atoms with E-state index in [1.807, 2.05) is 24.3 Å². The number of benzene rings is 2. The lowest BCUT2D eigenvalue weighted by atomic mass is 9.87. The number of ketones is 1. The maximum absolute atomic E-state index is 13.0. The van der Waals surface area contributed by atoms with Crippen molar-refractivity contribution in [2.45, 2.75) is 38.8 Å². The highest BCUT2D eigenvalue weighted by Crippen LogP contribution is 2.25. The number of allylic oxidation sites excluding steroid dienone is 3. The first kappa shape index (κ1) is 28.0. The van der Waals surface area contributed by atoms with Gasteiger partial charge in [-0.2, -0.15) is 0 Å². The van der Waals surface area contributed by atoms with Gasteiger partial charge in [0.1, 0.15) is 37.1 Å². The number of esters is 1. The van der Waals surface area contributed by atoms with Crippen molar-refractivity contribution in [2.24, 2.45) is 4.99 Å². The van der Waals surface area contributed by atoms with Gasteiger partial charge < -0.3 is 24.7 Å². The second kappa shape index (κ2) is 11.8. The van der Waals surface area contributed by atoms with Crippen LogP contribution < -0.4 is 4.74 Å². The Morgan fingerprint density at radius 3 is 2.45 bits per heavy atom. The largest absolute Gasteiger partial charge is 0.507 e. The molecule has 1 atom stereocenters. The van der Waals surface area contributed by atoms with Gasteiger partial charge in [0.2, 0.25) is 0 Å². The average molecular weight is 545 g/mol. The highest BCUT2D eigenvalue weighted by atomic mass is 16.6. The predicted molar refractivity (Wildman–Crippen MR) is 147 cm³/mol. The molecule has 1 aromatic heterocycles. The van der Waals surface area contributed by atoms with Gasteiger partial charge in [0, 0.05) is 6.21 Å². The Morgan fingerprint density at radius 2 is 1.85 bits per heavy atom. The third kappa shape index (κ3) is 6.87. The summed E-state index contributed by atoms with van der Waals surface area (Å²) in [5.74, 6) is -0.989. The smallest absolute Gasteiger partial charge is 0.434 e. The molecular weight excluding hydrogens is 516 g/mol. The van der Waals surface area contributed by atoms with E-state index < -0.39 is 17.0 Å². The summed E-state index contributed by atoms with van der Waals surface area (Å²) in [4.78, 5) is 43.3. The van der Waals surface area contributed by atoms with E-state index in [2.05, 4.69) is 30.7 Å². The predicted octanol–water partition coefficient (Wildman–Crippen LogP) is 5.05. The van der Waals surface area contributed by atoms with E-state index in [4.69, 9.17) is 9.47 Å². The van der Waals surface area contributed by atoms with Crippen LogP contribution in [0.25, 0.3) is 0 Å². The first-order chi connectivity index (χ1) is 19.0. The fourth-order valence-corrected chi connectivity index (χ4v) is 3.83. The SMILES string of the molecule is CC(C)(C)c1ccc(OC[C@@H](Cn2ccnc2[N+](=O)[O-])OC(=O)c2ccc(N=CC3=C(O)C=CC3=O)cc2)cc1. The molecule has 1 heterocycles. The Hall–Kier alpha value is -5.06. The first-order valence-corrected chi connectivity index (χ1v) is 12.4. The normalized spacial score (nSPS) is 14.1. The van der Waals surface area contributed by atoms with E-state index in [0.717, 1.165) is 5.56 Å². The number of aromatic nitrogens is 2. The van der Waals surface area contributed by atoms with E-state index in [9.17, 15) is 24.8 Å². The molecule has 2 aromatic carbocycles. The summed E-state index contributed by atoms with van der Waals surface area (Å²) < 4.78 is 12.9. The zero-order chi connectivity index (χ0) is 28.9. The Labute approximate surface area is 230 Å². The summed E-state index contributed by atoms with van der Waals surface area (Å²) in [5.41, 5.74) is 1.85. The molecule has 3 aromatic rings. The lowest BCUT2D eigenvalue weighted by molar-refractivity contribution is -0.397. The number of ether oxygens (including phenoxy) is 2. The number of aliphatic hydroxyl groups is 1. The minimum absolute atomic E-state index is 0.0258. The van der Waals surface area contributed by atoms with Gasteiger partial charge in [-0.3, -0.25) is 9.79 Å². The second-order valence-electron chi connectivity index (χ2n) is 10.1. The number of aliphatic hydroxyl groups excluding tert-OH is 1. The van der Waals surface area contributed by atoms with Crippen LogP contribution in [-0.2, 0) is 21.5 Å². The fraction of sp³-hybridized carbons (Fsp3) is 0.241. The number of hydrogen-bond acceptors (Lipinski definition) is 9. The average Bonchev–Trinajstić information content (AvgIpc) is 3.51. The summed E-state index contributed by atoms with van der Waals surface area (Å²) in [6.45, 7) is 6.20. The Balaban J connectivity index is 1.46. The Kier molecular flexibility index (Phi) is 8.23. The summed E-state index contributed by atoms with van der Waals surface area (Å²) in [6.07, 6.45) is 5.65. The van der Waals surface area contributed by atoms with E-state index >= 15 is 0 Å². The quantitative estimate of drug-likeness (QED) is 0.162. The molecule has 1 N–H and O–H groups in total. The number of imidazole rings is 1. The van der Waals surface area contributed by atoms with Crippen molar-refractivity contribution in [1.29, 1.82) is 0 Å². The molecular formula is C29H28N4O7. The van der Waals surface area contributed by atoms with Gasteiger partial charge in [-0.15, -0.1) is 0 Å². The molecule has 0 fully saturated rings. The molecule has 0 spiro atoms. The molecule has 11 nitrogen and oxygen atoms in total. The topological polar surface area (TPSA) is 146 Å². The van der Waals surface area contributed by atoms with E-state index in [1.54, 1.807) is 12.1 Å². The molecule has 0 saturated carbocycles. The van der Waals surface area contributed by atoms with Crippen LogP contribution in [0.15, 0.2) is 89.4 Å². The second-order valence-corrected chi connectivity index (χ2v) is 10.1. The molecule has 11 heteroatoms. The summed E-state index contributed by atoms with van der Waals surface area (Å²) in [6, 6.07) is 13.7. The molecule has 0 bridgehead atoms. The van der Waals surface area contributed by atoms with Gasteiger partial charge in [0.05, 0.1) is 16.8 Å². The summed E-state index contributed by atoms with van der Waals surface area (Å²) in [5, 5.41) is 21.0. The van der Waals surface area contributed by atoms with Crippen LogP contribution in [0.1, 0.15) is 36.7 Å². The number of hydrogen-bond donors (Lipinski definition) is 1. The fourth-order valence-electron chi connectivity index (χ4n) is 3.83. The molecule has 0 radical (unpaired) electrons. The van der Waals surface area contributed by atoms with Crippen molar-refractivity contribution in [1.82, 2.24) is 9.55 Å². The van der Waals surface area contributed by atoms with Crippen molar-refractivity contribution in [2.75, 3.05) is 6.61 Å². The summed E-state index contributed by atoms with van der Waals surface area (Å²) >= 11 is 0. The molecule has 206 valence electrons. The number of carbonyl (C=O) groups is 2. The van der Waals surface area contributed by atoms with Crippen LogP contribution in [0.3, 0.4) is 0 Å². The van der Waals surface area contributed by atoms with Gasteiger partial charge >= 0.3 is 11.9 Å². The minimum atomic E-state index is -0.879. The van der Waals surface area contributed by atoms with Crippen molar-refractivity contribution < 1.29 is 29.1 Å². The number of carbonyl (C=O) groups excluding carboxylic acids is 2. The van der Waals surface area contributed by atoms with Gasteiger partial charge in [-0.25, -0.2) is 9.36 Å². The molecule has 0 aliphatic heterocycles. The maximum Gasteiger partial charge on any atom is 0.434 e. The monoisotopic (exact) mass is 544 g/mol. The molecule has 0 amide bonds. The van der Waals surface area contributed by atoms with Crippen LogP contribution in [0.4, 0.5) is 11.6 Å². The molecule has 0 saturated heterocycles. The lowest BCUT2D eigenvalue weighted by Gasteiger charge is -2.20. The van der Waals surface area contributed by atoms with E-state index in [1.165, 1.54) is 47.5 Å². The van der Waals surface area contributed by atoms with Crippen LogP contribution in [0, 0.1) is 10.1 Å². The third-order valence-corrected chi connectivity index (χ3v) is 6.07. The van der Waals surface area contributed by atoms with Crippen LogP contribution in [0.5, 0.6) is 5.75 Å². The van der Waals surface area contributed by atoms with Crippen molar-refractivity contribution in [3.63, 3.8) is 0 Å². The van der Waals surface area contributed by atoms with Crippen molar-refractivity contribution in [3.05, 3.63) is 106 Å². The van der Waals surface area contributed by atoms with Crippen LogP contribution in [-0.4, -0.2) is 50.3 Å². The summed E-state index contributed by atoms with van der Waals surface area (Å²) in [7, 11) is 0. The van der Waals surface area contributed by atoms with Gasteiger partial charge in [0.25, 0.3) is 0 Å². The zero-order valence-corrected chi connectivity index (χ0v) is 22.2. The number of rotatable bonds is 10. The third-order valence-electron chi connectivity index (χ3n) is 6.07. The van der Waals surface area contributed by atoms with Gasteiger partial charge in [-0.1, -0.05) is 37.9 Å². The van der Waals surface area contributed by atoms with Crippen molar-refractivity contribution >= 4 is 29.6 Å². The molecule has 4 rings (SSSR count). The van der Waals surface area contributed by atoms with Crippen LogP contribution in [0.2, 0.25) is 0 Å². The highest BCUT2D eigenvalue weighted by molar-refractivity contribution is 6.21. The number of nitro groups is 1. The lowest BCUT2D eigenvalue weighted by Crippen LogP contribution is -2.30. The van der Waals surface area contributed by atoms with Crippen molar-refractivity contribution in [3.8, 4) is 5.75 Å². The Morgan fingerprint density at radius 1 is 1.15 bits per heavy atom. The molecule has 40 heavy (non-hydrogen) atoms. The zero-order valence-electron chi connectivity index (χ0n) is 22.2. The maximum atomic E-state index is 13.0. The number of aliphatic imine (C=N–C) groups is 1. The highest BCUT2D eigenvalue weighted by Gasteiger charge is 2.24. The standard InChI is InChI=1S/C29H28N4O7/c1-29(2,3)20-6-10-22(11-7-20)39-18-23(17-32-15-14-30-28(32)33(37)38)40-27(36)19-4-8-21(9-5-19)31-16-24-25(34)12-13-26(24)35/h4-16,23,34H,17-18H2,1-3H3/t23-/m1/s1. The first-order valence-electron chi connectivity index (χ1n) is 12.4. The molecule has 1 aliphatic rings. The molecule has 0 unspecified atom stereocenters. The minimum Gasteiger partial charge on any atom is -0.507 e. The number of nitrogens with zero attached hydrogens (tertiary/aromatic N) is 4. The Bertz CT molecular complexity index is 1490.